The van der Waals surface area contributed by atoms with E-state index in [0.29, 0.717) is 18.4 Å². The van der Waals surface area contributed by atoms with Gasteiger partial charge in [-0.1, -0.05) is 32.4 Å². The van der Waals surface area contributed by atoms with Gasteiger partial charge < -0.3 is 48.5 Å². The number of nitrogens with two attached hydrogens (primary N) is 3. The highest BCUT2D eigenvalue weighted by atomic mass is 16.4. The van der Waals surface area contributed by atoms with Crippen LogP contribution in [0.15, 0.2) is 29.3 Å². The monoisotopic (exact) mass is 579 g/mol. The standard InChI is InChI=1S/C26H41N7O8/c1-3-14(2)21(33-22(37)17(27)5-4-12-30-26(28)29)24(39)32-19(13-15-6-8-16(34)9-7-15)23(38)31-18(25(40)41)10-11-20(35)36/h6-9,14,17-19,21,34H,3-5,10-13,27H2,1-2H3,(H,31,38)(H,32,39)(H,33,37)(H,35,36)(H,40,41)(H4,28,29,30). The molecule has 12 N–H and O–H groups in total. The second-order valence-corrected chi connectivity index (χ2v) is 9.69. The van der Waals surface area contributed by atoms with Crippen molar-refractivity contribution in [3.63, 3.8) is 0 Å². The molecule has 5 atom stereocenters. The van der Waals surface area contributed by atoms with E-state index in [2.05, 4.69) is 20.9 Å². The maximum atomic E-state index is 13.4. The van der Waals surface area contributed by atoms with E-state index in [-0.39, 0.29) is 43.4 Å². The first kappa shape index (κ1) is 34.6. The fourth-order valence-corrected chi connectivity index (χ4v) is 3.75. The molecule has 1 aromatic rings. The zero-order valence-electron chi connectivity index (χ0n) is 23.2. The maximum Gasteiger partial charge on any atom is 0.326 e. The number of benzene rings is 1. The van der Waals surface area contributed by atoms with E-state index in [4.69, 9.17) is 22.3 Å². The average Bonchev–Trinajstić information content (AvgIpc) is 2.91. The molecule has 0 bridgehead atoms. The van der Waals surface area contributed by atoms with Gasteiger partial charge in [0.25, 0.3) is 0 Å². The Balaban J connectivity index is 3.11. The lowest BCUT2D eigenvalue weighted by Gasteiger charge is -2.28. The number of carboxylic acid groups (broad SMARTS) is 2. The van der Waals surface area contributed by atoms with Crippen LogP contribution in [-0.2, 0) is 30.4 Å². The zero-order valence-corrected chi connectivity index (χ0v) is 23.2. The van der Waals surface area contributed by atoms with Crippen LogP contribution in [0.2, 0.25) is 0 Å². The van der Waals surface area contributed by atoms with Crippen molar-refractivity contribution in [3.8, 4) is 5.75 Å². The highest BCUT2D eigenvalue weighted by Gasteiger charge is 2.32. The molecule has 0 aromatic heterocycles. The minimum Gasteiger partial charge on any atom is -0.508 e. The summed E-state index contributed by atoms with van der Waals surface area (Å²) in [6.07, 6.45) is 0.200. The second-order valence-electron chi connectivity index (χ2n) is 9.69. The van der Waals surface area contributed by atoms with Crippen molar-refractivity contribution in [2.45, 2.75) is 76.5 Å². The molecule has 0 aliphatic carbocycles. The summed E-state index contributed by atoms with van der Waals surface area (Å²) in [5.41, 5.74) is 17.1. The highest BCUT2D eigenvalue weighted by Crippen LogP contribution is 2.14. The minimum absolute atomic E-state index is 0.0208. The topological polar surface area (TPSA) is 273 Å². The molecule has 0 saturated heterocycles. The van der Waals surface area contributed by atoms with Crippen LogP contribution >= 0.6 is 0 Å². The number of phenols is 1. The van der Waals surface area contributed by atoms with Gasteiger partial charge in [-0.25, -0.2) is 4.79 Å². The molecule has 0 heterocycles. The molecule has 0 spiro atoms. The van der Waals surface area contributed by atoms with E-state index in [1.165, 1.54) is 24.3 Å². The summed E-state index contributed by atoms with van der Waals surface area (Å²) >= 11 is 0. The van der Waals surface area contributed by atoms with Gasteiger partial charge >= 0.3 is 11.9 Å². The van der Waals surface area contributed by atoms with Crippen molar-refractivity contribution in [2.24, 2.45) is 28.1 Å². The van der Waals surface area contributed by atoms with Crippen LogP contribution in [-0.4, -0.2) is 81.7 Å². The molecule has 0 saturated carbocycles. The minimum atomic E-state index is -1.51. The van der Waals surface area contributed by atoms with Gasteiger partial charge in [-0.3, -0.25) is 24.2 Å². The lowest BCUT2D eigenvalue weighted by molar-refractivity contribution is -0.143. The molecule has 0 aliphatic rings. The third kappa shape index (κ3) is 13.0. The Labute approximate surface area is 237 Å². The van der Waals surface area contributed by atoms with Crippen LogP contribution in [0.1, 0.15) is 51.5 Å². The van der Waals surface area contributed by atoms with Crippen molar-refractivity contribution in [1.29, 1.82) is 0 Å². The Bertz CT molecular complexity index is 1080. The molecule has 0 aliphatic heterocycles. The third-order valence-corrected chi connectivity index (χ3v) is 6.37. The molecule has 0 radical (unpaired) electrons. The lowest BCUT2D eigenvalue weighted by Crippen LogP contribution is -2.59. The normalized spacial score (nSPS) is 14.4. The molecule has 0 fully saturated rings. The molecule has 41 heavy (non-hydrogen) atoms. The first-order valence-corrected chi connectivity index (χ1v) is 13.2. The summed E-state index contributed by atoms with van der Waals surface area (Å²) in [6.45, 7) is 3.82. The number of carbonyl (C=O) groups is 5. The van der Waals surface area contributed by atoms with Crippen molar-refractivity contribution >= 4 is 35.6 Å². The largest absolute Gasteiger partial charge is 0.508 e. The van der Waals surface area contributed by atoms with E-state index in [1.54, 1.807) is 6.92 Å². The van der Waals surface area contributed by atoms with Gasteiger partial charge in [0.05, 0.1) is 6.04 Å². The molecular formula is C26H41N7O8. The maximum absolute atomic E-state index is 13.4. The molecule has 1 aromatic carbocycles. The molecular weight excluding hydrogens is 538 g/mol. The quantitative estimate of drug-likeness (QED) is 0.0564. The van der Waals surface area contributed by atoms with Crippen LogP contribution in [0.4, 0.5) is 0 Å². The highest BCUT2D eigenvalue weighted by molar-refractivity contribution is 5.94. The van der Waals surface area contributed by atoms with E-state index in [1.807, 2.05) is 6.92 Å². The molecule has 3 amide bonds. The number of rotatable bonds is 18. The van der Waals surface area contributed by atoms with Crippen molar-refractivity contribution in [3.05, 3.63) is 29.8 Å². The summed E-state index contributed by atoms with van der Waals surface area (Å²) in [6, 6.07) is 0.979. The molecule has 228 valence electrons. The summed E-state index contributed by atoms with van der Waals surface area (Å²) in [5.74, 6) is -5.30. The van der Waals surface area contributed by atoms with Crippen LogP contribution < -0.4 is 33.2 Å². The number of nitrogens with one attached hydrogen (secondary N) is 3. The molecule has 5 unspecified atom stereocenters. The number of carbonyl (C=O) groups excluding carboxylic acids is 3. The number of carboxylic acids is 2. The SMILES string of the molecule is CCC(C)C(NC(=O)C(N)CCCN=C(N)N)C(=O)NC(Cc1ccc(O)cc1)C(=O)NC(CCC(=O)O)C(=O)O. The Kier molecular flexibility index (Phi) is 14.6. The number of hydrogen-bond donors (Lipinski definition) is 9. The van der Waals surface area contributed by atoms with Gasteiger partial charge in [-0.15, -0.1) is 0 Å². The first-order valence-electron chi connectivity index (χ1n) is 13.2. The van der Waals surface area contributed by atoms with Gasteiger partial charge in [-0.2, -0.15) is 0 Å². The summed E-state index contributed by atoms with van der Waals surface area (Å²) in [4.78, 5) is 65.7. The number of amides is 3. The van der Waals surface area contributed by atoms with Crippen LogP contribution in [0.3, 0.4) is 0 Å². The average molecular weight is 580 g/mol. The fourth-order valence-electron chi connectivity index (χ4n) is 3.75. The van der Waals surface area contributed by atoms with Gasteiger partial charge in [-0.05, 0) is 42.9 Å². The number of aliphatic imine (C=N–C) groups is 1. The first-order chi connectivity index (χ1) is 19.2. The third-order valence-electron chi connectivity index (χ3n) is 6.37. The number of guanidine groups is 1. The van der Waals surface area contributed by atoms with Gasteiger partial charge in [0.15, 0.2) is 5.96 Å². The predicted octanol–water partition coefficient (Wildman–Crippen LogP) is -1.23. The Hall–Kier alpha value is -4.40. The summed E-state index contributed by atoms with van der Waals surface area (Å²) in [5, 5.41) is 35.5. The number of aliphatic carboxylic acids is 2. The predicted molar refractivity (Wildman–Crippen MR) is 149 cm³/mol. The molecule has 15 nitrogen and oxygen atoms in total. The number of nitrogens with zero attached hydrogens (tertiary/aromatic N) is 1. The van der Waals surface area contributed by atoms with E-state index in [0.717, 1.165) is 0 Å². The fraction of sp³-hybridized carbons (Fsp3) is 0.538. The van der Waals surface area contributed by atoms with Crippen LogP contribution in [0.5, 0.6) is 5.75 Å². The van der Waals surface area contributed by atoms with Gasteiger partial charge in [0.2, 0.25) is 17.7 Å². The lowest BCUT2D eigenvalue weighted by atomic mass is 9.96. The van der Waals surface area contributed by atoms with Crippen molar-refractivity contribution < 1.29 is 39.3 Å². The van der Waals surface area contributed by atoms with Crippen molar-refractivity contribution in [1.82, 2.24) is 16.0 Å². The van der Waals surface area contributed by atoms with Gasteiger partial charge in [0, 0.05) is 19.4 Å². The van der Waals surface area contributed by atoms with Gasteiger partial charge in [0.1, 0.15) is 23.9 Å². The zero-order chi connectivity index (χ0) is 31.1. The van der Waals surface area contributed by atoms with Crippen LogP contribution in [0, 0.1) is 5.92 Å². The summed E-state index contributed by atoms with van der Waals surface area (Å²) < 4.78 is 0. The smallest absolute Gasteiger partial charge is 0.326 e. The van der Waals surface area contributed by atoms with Crippen molar-refractivity contribution in [2.75, 3.05) is 6.54 Å². The van der Waals surface area contributed by atoms with E-state index >= 15 is 0 Å². The molecule has 1 rings (SSSR count). The number of hydrogen-bond acceptors (Lipinski definition) is 8. The Morgan fingerprint density at radius 3 is 2.05 bits per heavy atom. The van der Waals surface area contributed by atoms with E-state index < -0.39 is 60.2 Å². The number of aromatic hydroxyl groups is 1. The Morgan fingerprint density at radius 1 is 0.902 bits per heavy atom. The van der Waals surface area contributed by atoms with Crippen LogP contribution in [0.25, 0.3) is 0 Å². The summed E-state index contributed by atoms with van der Waals surface area (Å²) in [7, 11) is 0. The second kappa shape index (κ2) is 17.3. The van der Waals surface area contributed by atoms with E-state index in [9.17, 15) is 34.2 Å². The Morgan fingerprint density at radius 2 is 1.51 bits per heavy atom. The molecule has 15 heteroatoms. The number of phenolic OH excluding ortho intramolecular Hbond substituents is 1.